The van der Waals surface area contributed by atoms with E-state index in [4.69, 9.17) is 15.0 Å². The summed E-state index contributed by atoms with van der Waals surface area (Å²) in [5.41, 5.74) is 14.2. The molecule has 3 aliphatic heterocycles. The Labute approximate surface area is 278 Å². The Morgan fingerprint density at radius 2 is 1.07 bits per heavy atom. The van der Waals surface area contributed by atoms with Crippen LogP contribution < -0.4 is 42.5 Å². The summed E-state index contributed by atoms with van der Waals surface area (Å²) in [6, 6.07) is 49.9. The van der Waals surface area contributed by atoms with Gasteiger partial charge in [-0.1, -0.05) is 0 Å². The first-order valence-electron chi connectivity index (χ1n) is 15.6. The van der Waals surface area contributed by atoms with Crippen molar-refractivity contribution in [2.24, 2.45) is 0 Å². The van der Waals surface area contributed by atoms with Crippen molar-refractivity contribution in [3.63, 3.8) is 0 Å². The van der Waals surface area contributed by atoms with E-state index in [0.717, 1.165) is 28.9 Å². The Morgan fingerprint density at radius 3 is 1.74 bits per heavy atom. The Morgan fingerprint density at radius 1 is 0.478 bits per heavy atom. The van der Waals surface area contributed by atoms with E-state index in [0.29, 0.717) is 11.6 Å². The summed E-state index contributed by atoms with van der Waals surface area (Å²) in [7, 11) is 0. The van der Waals surface area contributed by atoms with Crippen molar-refractivity contribution in [1.82, 2.24) is 15.0 Å². The van der Waals surface area contributed by atoms with Crippen molar-refractivity contribution in [1.29, 1.82) is 0 Å². The molecule has 46 heavy (non-hydrogen) atoms. The SMILES string of the molecule is c1ccc(-c2nc(-c3ccccc3)nc(-c3cc4c5c(c3)[I-]c3cccc6c3B5c3c(cccc3N6c3ccccc3)C4)n2)cc1. The summed E-state index contributed by atoms with van der Waals surface area (Å²) >= 11 is -0.420. The van der Waals surface area contributed by atoms with Crippen molar-refractivity contribution in [2.75, 3.05) is 4.90 Å². The molecule has 0 saturated heterocycles. The molecule has 0 bridgehead atoms. The number of benzene rings is 6. The quantitative estimate of drug-likeness (QED) is 0.209. The van der Waals surface area contributed by atoms with E-state index in [1.165, 1.54) is 51.7 Å². The third-order valence-electron chi connectivity index (χ3n) is 9.32. The Bertz CT molecular complexity index is 2190. The van der Waals surface area contributed by atoms with Gasteiger partial charge in [0.15, 0.2) is 0 Å². The first kappa shape index (κ1) is 26.2. The molecule has 4 heterocycles. The number of hydrogen-bond acceptors (Lipinski definition) is 4. The van der Waals surface area contributed by atoms with Crippen LogP contribution in [0.1, 0.15) is 11.1 Å². The van der Waals surface area contributed by atoms with Crippen LogP contribution in [0.15, 0.2) is 140 Å². The molecule has 0 atom stereocenters. The average Bonchev–Trinajstić information content (AvgIpc) is 3.12. The zero-order valence-electron chi connectivity index (χ0n) is 24.7. The van der Waals surface area contributed by atoms with E-state index in [9.17, 15) is 0 Å². The van der Waals surface area contributed by atoms with Crippen LogP contribution in [0.2, 0.25) is 0 Å². The maximum atomic E-state index is 5.10. The summed E-state index contributed by atoms with van der Waals surface area (Å²) in [5.74, 6) is 2.13. The van der Waals surface area contributed by atoms with Crippen LogP contribution in [0.3, 0.4) is 0 Å². The fourth-order valence-electron chi connectivity index (χ4n) is 7.39. The number of anilines is 3. The van der Waals surface area contributed by atoms with E-state index in [1.807, 2.05) is 36.4 Å². The van der Waals surface area contributed by atoms with Crippen molar-refractivity contribution in [2.45, 2.75) is 6.42 Å². The monoisotopic (exact) mass is 699 g/mol. The predicted octanol–water partition coefficient (Wildman–Crippen LogP) is 3.52. The minimum atomic E-state index is -0.420. The van der Waals surface area contributed by atoms with E-state index in [-0.39, 0.29) is 6.71 Å². The van der Waals surface area contributed by atoms with Gasteiger partial charge >= 0.3 is 280 Å². The molecular formula is C40H25BIN4-. The molecular weight excluding hydrogens is 674 g/mol. The molecule has 0 N–H and O–H groups in total. The van der Waals surface area contributed by atoms with Gasteiger partial charge in [0, 0.05) is 0 Å². The Kier molecular flexibility index (Phi) is 5.82. The van der Waals surface area contributed by atoms with Gasteiger partial charge in [-0.3, -0.25) is 0 Å². The predicted molar refractivity (Wildman–Crippen MR) is 182 cm³/mol. The standard InChI is InChI=1S/C40H25BIN4/c1-4-12-25(13-5-1)38-43-39(26-14-6-2-7-15-26)45-40(44-38)29-23-28-22-27-16-10-20-33-36(27)41-35(28)32(24-29)42-31-19-11-21-34(37(31)41)46(33)30-17-8-3-9-18-30/h1-21,23-24H,22H2/q-1. The fourth-order valence-corrected chi connectivity index (χ4v) is 10.7. The second-order valence-corrected chi connectivity index (χ2v) is 14.8. The number of hydrogen-bond donors (Lipinski definition) is 0. The molecule has 3 aliphatic rings. The molecule has 216 valence electrons. The summed E-state index contributed by atoms with van der Waals surface area (Å²) in [6.07, 6.45) is 0.905. The van der Waals surface area contributed by atoms with Gasteiger partial charge in [-0.25, -0.2) is 0 Å². The number of halogens is 1. The first-order chi connectivity index (χ1) is 22.8. The second kappa shape index (κ2) is 10.2. The van der Waals surface area contributed by atoms with Crippen molar-refractivity contribution in [3.8, 4) is 34.2 Å². The molecule has 0 spiro atoms. The van der Waals surface area contributed by atoms with E-state index < -0.39 is 21.2 Å². The molecule has 7 aromatic rings. The van der Waals surface area contributed by atoms with Crippen LogP contribution in [-0.4, -0.2) is 21.7 Å². The van der Waals surface area contributed by atoms with Crippen LogP contribution in [0.25, 0.3) is 34.2 Å². The Hall–Kier alpha value is -5.08. The third kappa shape index (κ3) is 3.96. The van der Waals surface area contributed by atoms with Gasteiger partial charge in [0.1, 0.15) is 0 Å². The van der Waals surface area contributed by atoms with Crippen LogP contribution in [0, 0.1) is 7.14 Å². The molecule has 4 nitrogen and oxygen atoms in total. The maximum absolute atomic E-state index is 5.10. The van der Waals surface area contributed by atoms with Crippen molar-refractivity contribution in [3.05, 3.63) is 158 Å². The summed E-state index contributed by atoms with van der Waals surface area (Å²) in [5, 5.41) is 0. The van der Waals surface area contributed by atoms with Gasteiger partial charge in [-0.05, 0) is 0 Å². The molecule has 1 aromatic heterocycles. The van der Waals surface area contributed by atoms with Gasteiger partial charge in [-0.2, -0.15) is 0 Å². The van der Waals surface area contributed by atoms with Crippen molar-refractivity contribution < 1.29 is 21.2 Å². The zero-order valence-corrected chi connectivity index (χ0v) is 26.9. The van der Waals surface area contributed by atoms with Crippen molar-refractivity contribution >= 4 is 40.2 Å². The molecule has 0 fully saturated rings. The number of rotatable bonds is 4. The molecule has 0 saturated carbocycles. The second-order valence-electron chi connectivity index (χ2n) is 12.0. The summed E-state index contributed by atoms with van der Waals surface area (Å²) in [4.78, 5) is 17.6. The third-order valence-corrected chi connectivity index (χ3v) is 12.3. The van der Waals surface area contributed by atoms with E-state index in [2.05, 4.69) is 108 Å². The summed E-state index contributed by atoms with van der Waals surface area (Å²) in [6.45, 7) is 0.247. The van der Waals surface area contributed by atoms with Gasteiger partial charge in [0.2, 0.25) is 0 Å². The fraction of sp³-hybridized carbons (Fsp3) is 0.0250. The van der Waals surface area contributed by atoms with Crippen LogP contribution in [0.5, 0.6) is 0 Å². The Balaban J connectivity index is 1.18. The first-order valence-corrected chi connectivity index (χ1v) is 17.7. The van der Waals surface area contributed by atoms with Crippen LogP contribution in [-0.2, 0) is 6.42 Å². The average molecular weight is 699 g/mol. The molecule has 6 heteroatoms. The summed E-state index contributed by atoms with van der Waals surface area (Å²) < 4.78 is 2.99. The van der Waals surface area contributed by atoms with Gasteiger partial charge < -0.3 is 0 Å². The van der Waals surface area contributed by atoms with Gasteiger partial charge in [0.25, 0.3) is 0 Å². The number of nitrogens with zero attached hydrogens (tertiary/aromatic N) is 4. The molecule has 0 unspecified atom stereocenters. The molecule has 0 amide bonds. The number of aromatic nitrogens is 3. The zero-order chi connectivity index (χ0) is 30.2. The van der Waals surface area contributed by atoms with Crippen LogP contribution in [0.4, 0.5) is 17.1 Å². The minimum absolute atomic E-state index is 0.247. The van der Waals surface area contributed by atoms with Gasteiger partial charge in [-0.15, -0.1) is 0 Å². The van der Waals surface area contributed by atoms with E-state index in [1.54, 1.807) is 0 Å². The normalized spacial score (nSPS) is 13.6. The molecule has 0 radical (unpaired) electrons. The van der Waals surface area contributed by atoms with E-state index >= 15 is 0 Å². The molecule has 6 aromatic carbocycles. The van der Waals surface area contributed by atoms with Crippen LogP contribution >= 0.6 is 0 Å². The van der Waals surface area contributed by atoms with Gasteiger partial charge in [0.05, 0.1) is 0 Å². The topological polar surface area (TPSA) is 41.9 Å². The molecule has 0 aliphatic carbocycles. The number of para-hydroxylation sites is 1. The molecule has 10 rings (SSSR count).